The Kier molecular flexibility index (Phi) is 5.95. The van der Waals surface area contributed by atoms with E-state index in [1.165, 1.54) is 0 Å². The molecule has 0 radical (unpaired) electrons. The van der Waals surface area contributed by atoms with Crippen molar-refractivity contribution >= 4 is 11.7 Å². The number of nitrogens with one attached hydrogen (secondary N) is 1. The minimum Gasteiger partial charge on any atom is -0.379 e. The summed E-state index contributed by atoms with van der Waals surface area (Å²) in [5.74, 6) is 0.675. The third kappa shape index (κ3) is 4.62. The van der Waals surface area contributed by atoms with Gasteiger partial charge < -0.3 is 19.9 Å². The van der Waals surface area contributed by atoms with Gasteiger partial charge in [0.1, 0.15) is 11.5 Å². The van der Waals surface area contributed by atoms with Crippen LogP contribution in [0.5, 0.6) is 0 Å². The lowest BCUT2D eigenvalue weighted by atomic mass is 10.3. The molecule has 3 rings (SSSR count). The van der Waals surface area contributed by atoms with Gasteiger partial charge in [-0.1, -0.05) is 0 Å². The largest absolute Gasteiger partial charge is 0.379 e. The molecule has 0 saturated carbocycles. The molecule has 1 N–H and O–H groups in total. The van der Waals surface area contributed by atoms with Gasteiger partial charge >= 0.3 is 0 Å². The first-order chi connectivity index (χ1) is 11.7. The molecule has 0 unspecified atom stereocenters. The molecule has 1 aromatic rings. The highest BCUT2D eigenvalue weighted by Gasteiger charge is 2.16. The van der Waals surface area contributed by atoms with E-state index in [0.29, 0.717) is 12.2 Å². The number of morpholine rings is 1. The van der Waals surface area contributed by atoms with Crippen LogP contribution in [0.3, 0.4) is 0 Å². The van der Waals surface area contributed by atoms with E-state index in [1.807, 2.05) is 0 Å². The van der Waals surface area contributed by atoms with E-state index >= 15 is 0 Å². The molecule has 2 aliphatic heterocycles. The summed E-state index contributed by atoms with van der Waals surface area (Å²) >= 11 is 0. The summed E-state index contributed by atoms with van der Waals surface area (Å²) in [7, 11) is 2.12. The van der Waals surface area contributed by atoms with Gasteiger partial charge in [-0.3, -0.25) is 9.69 Å². The minimum absolute atomic E-state index is 0.166. The molecule has 0 aliphatic carbocycles. The fourth-order valence-corrected chi connectivity index (χ4v) is 2.88. The van der Waals surface area contributed by atoms with Gasteiger partial charge in [0.25, 0.3) is 5.91 Å². The Labute approximate surface area is 142 Å². The summed E-state index contributed by atoms with van der Waals surface area (Å²) in [6, 6.07) is 0. The zero-order valence-electron chi connectivity index (χ0n) is 14.3. The molecule has 8 heteroatoms. The third-order valence-corrected chi connectivity index (χ3v) is 4.52. The quantitative estimate of drug-likeness (QED) is 0.762. The fraction of sp³-hybridized carbons (Fsp3) is 0.688. The maximum Gasteiger partial charge on any atom is 0.271 e. The molecule has 1 aromatic heterocycles. The van der Waals surface area contributed by atoms with Crippen molar-refractivity contribution in [3.8, 4) is 0 Å². The summed E-state index contributed by atoms with van der Waals surface area (Å²) < 4.78 is 5.31. The number of carbonyl (C=O) groups excluding carboxylic acids is 1. The summed E-state index contributed by atoms with van der Waals surface area (Å²) in [6.07, 6.45) is 3.26. The number of aromatic nitrogens is 2. The number of nitrogens with zero attached hydrogens (tertiary/aromatic N) is 5. The SMILES string of the molecule is CN1CCN(c2cnc(C(=O)NCCN3CCOCC3)cn2)CC1. The number of anilines is 1. The first kappa shape index (κ1) is 17.1. The molecule has 2 fully saturated rings. The molecule has 1 amide bonds. The van der Waals surface area contributed by atoms with Gasteiger partial charge in [0.15, 0.2) is 0 Å². The first-order valence-electron chi connectivity index (χ1n) is 8.56. The van der Waals surface area contributed by atoms with E-state index in [1.54, 1.807) is 12.4 Å². The highest BCUT2D eigenvalue weighted by Crippen LogP contribution is 2.11. The Hall–Kier alpha value is -1.77. The number of likely N-dealkylation sites (N-methyl/N-ethyl adjacent to an activating group) is 1. The monoisotopic (exact) mass is 334 g/mol. The Morgan fingerprint density at radius 3 is 2.54 bits per heavy atom. The summed E-state index contributed by atoms with van der Waals surface area (Å²) in [4.78, 5) is 27.6. The number of piperazine rings is 1. The number of hydrogen-bond acceptors (Lipinski definition) is 7. The van der Waals surface area contributed by atoms with E-state index in [-0.39, 0.29) is 5.91 Å². The van der Waals surface area contributed by atoms with E-state index in [4.69, 9.17) is 4.74 Å². The van der Waals surface area contributed by atoms with Crippen molar-refractivity contribution < 1.29 is 9.53 Å². The third-order valence-electron chi connectivity index (χ3n) is 4.52. The maximum absolute atomic E-state index is 12.1. The molecule has 2 saturated heterocycles. The van der Waals surface area contributed by atoms with Crippen molar-refractivity contribution in [2.75, 3.05) is 77.5 Å². The van der Waals surface area contributed by atoms with Crippen LogP contribution in [0.2, 0.25) is 0 Å². The van der Waals surface area contributed by atoms with Crippen LogP contribution in [0.1, 0.15) is 10.5 Å². The number of hydrogen-bond donors (Lipinski definition) is 1. The Morgan fingerprint density at radius 1 is 1.12 bits per heavy atom. The smallest absolute Gasteiger partial charge is 0.271 e. The summed E-state index contributed by atoms with van der Waals surface area (Å²) in [6.45, 7) is 8.76. The standard InChI is InChI=1S/C16H26N6O2/c1-20-4-6-22(7-5-20)15-13-18-14(12-19-15)16(23)17-2-3-21-8-10-24-11-9-21/h12-13H,2-11H2,1H3,(H,17,23). The van der Waals surface area contributed by atoms with Crippen LogP contribution in [0.25, 0.3) is 0 Å². The van der Waals surface area contributed by atoms with Gasteiger partial charge in [-0.15, -0.1) is 0 Å². The second-order valence-corrected chi connectivity index (χ2v) is 6.26. The van der Waals surface area contributed by atoms with Crippen molar-refractivity contribution in [1.29, 1.82) is 0 Å². The topological polar surface area (TPSA) is 73.8 Å². The van der Waals surface area contributed by atoms with Crippen molar-refractivity contribution in [1.82, 2.24) is 25.1 Å². The van der Waals surface area contributed by atoms with Gasteiger partial charge in [0, 0.05) is 52.4 Å². The normalized spacial score (nSPS) is 20.1. The van der Waals surface area contributed by atoms with Gasteiger partial charge in [0.2, 0.25) is 0 Å². The Balaban J connectivity index is 1.45. The molecular formula is C16H26N6O2. The van der Waals surface area contributed by atoms with E-state index < -0.39 is 0 Å². The minimum atomic E-state index is -0.166. The zero-order valence-corrected chi connectivity index (χ0v) is 14.3. The van der Waals surface area contributed by atoms with Crippen molar-refractivity contribution in [3.05, 3.63) is 18.1 Å². The van der Waals surface area contributed by atoms with Crippen LogP contribution < -0.4 is 10.2 Å². The molecular weight excluding hydrogens is 308 g/mol. The second-order valence-electron chi connectivity index (χ2n) is 6.26. The Morgan fingerprint density at radius 2 is 1.88 bits per heavy atom. The molecule has 3 heterocycles. The summed E-state index contributed by atoms with van der Waals surface area (Å²) in [5.41, 5.74) is 0.370. The highest BCUT2D eigenvalue weighted by atomic mass is 16.5. The molecule has 24 heavy (non-hydrogen) atoms. The van der Waals surface area contributed by atoms with E-state index in [9.17, 15) is 4.79 Å². The van der Waals surface area contributed by atoms with Gasteiger partial charge in [-0.25, -0.2) is 9.97 Å². The van der Waals surface area contributed by atoms with Gasteiger partial charge in [0.05, 0.1) is 25.6 Å². The average Bonchev–Trinajstić information content (AvgIpc) is 2.63. The van der Waals surface area contributed by atoms with Crippen LogP contribution in [-0.2, 0) is 4.74 Å². The second kappa shape index (κ2) is 8.36. The van der Waals surface area contributed by atoms with Crippen molar-refractivity contribution in [2.45, 2.75) is 0 Å². The number of carbonyl (C=O) groups is 1. The molecule has 0 atom stereocenters. The molecule has 0 spiro atoms. The lowest BCUT2D eigenvalue weighted by molar-refractivity contribution is 0.0383. The number of rotatable bonds is 5. The van der Waals surface area contributed by atoms with Crippen LogP contribution in [0.15, 0.2) is 12.4 Å². The van der Waals surface area contributed by atoms with Crippen LogP contribution in [0, 0.1) is 0 Å². The lowest BCUT2D eigenvalue weighted by Crippen LogP contribution is -2.45. The first-order valence-corrected chi connectivity index (χ1v) is 8.56. The lowest BCUT2D eigenvalue weighted by Gasteiger charge is -2.32. The van der Waals surface area contributed by atoms with Crippen LogP contribution in [0.4, 0.5) is 5.82 Å². The van der Waals surface area contributed by atoms with Gasteiger partial charge in [-0.2, -0.15) is 0 Å². The van der Waals surface area contributed by atoms with Crippen molar-refractivity contribution in [3.63, 3.8) is 0 Å². The average molecular weight is 334 g/mol. The molecule has 8 nitrogen and oxygen atoms in total. The van der Waals surface area contributed by atoms with E-state index in [2.05, 4.69) is 37.0 Å². The predicted octanol–water partition coefficient (Wildman–Crippen LogP) is -0.710. The Bertz CT molecular complexity index is 524. The highest BCUT2D eigenvalue weighted by molar-refractivity contribution is 5.92. The van der Waals surface area contributed by atoms with Crippen molar-refractivity contribution in [2.24, 2.45) is 0 Å². The maximum atomic E-state index is 12.1. The fourth-order valence-electron chi connectivity index (χ4n) is 2.88. The molecule has 0 bridgehead atoms. The number of amides is 1. The summed E-state index contributed by atoms with van der Waals surface area (Å²) in [5, 5.41) is 2.91. The molecule has 0 aromatic carbocycles. The number of ether oxygens (including phenoxy) is 1. The van der Waals surface area contributed by atoms with Crippen LogP contribution in [-0.4, -0.2) is 98.3 Å². The zero-order chi connectivity index (χ0) is 16.8. The predicted molar refractivity (Wildman–Crippen MR) is 91.3 cm³/mol. The van der Waals surface area contributed by atoms with E-state index in [0.717, 1.165) is 64.8 Å². The van der Waals surface area contributed by atoms with Crippen LogP contribution >= 0.6 is 0 Å². The van der Waals surface area contributed by atoms with Gasteiger partial charge in [-0.05, 0) is 7.05 Å². The molecule has 132 valence electrons. The molecule has 2 aliphatic rings.